The number of hydrogen-bond donors (Lipinski definition) is 2. The maximum absolute atomic E-state index is 13.0. The molecule has 0 aliphatic heterocycles. The maximum atomic E-state index is 13.0. The van der Waals surface area contributed by atoms with Crippen LogP contribution in [-0.4, -0.2) is 17.0 Å². The summed E-state index contributed by atoms with van der Waals surface area (Å²) in [5.74, 6) is 1.05. The van der Waals surface area contributed by atoms with Gasteiger partial charge in [0, 0.05) is 11.7 Å². The van der Waals surface area contributed by atoms with Crippen LogP contribution in [-0.2, 0) is 17.8 Å². The molecule has 172 valence electrons. The molecule has 1 atom stereocenters. The number of aromatic nitrogens is 1. The normalized spacial score (nSPS) is 11.7. The summed E-state index contributed by atoms with van der Waals surface area (Å²) < 4.78 is 7.41. The zero-order valence-electron chi connectivity index (χ0n) is 19.4. The fourth-order valence-corrected chi connectivity index (χ4v) is 4.12. The molecule has 6 heteroatoms. The van der Waals surface area contributed by atoms with Gasteiger partial charge in [-0.1, -0.05) is 60.7 Å². The minimum absolute atomic E-state index is 0.0248. The highest BCUT2D eigenvalue weighted by molar-refractivity contribution is 5.93. The van der Waals surface area contributed by atoms with Crippen molar-refractivity contribution in [2.45, 2.75) is 32.9 Å². The van der Waals surface area contributed by atoms with E-state index in [1.807, 2.05) is 66.9 Å². The van der Waals surface area contributed by atoms with Crippen molar-refractivity contribution in [3.63, 3.8) is 0 Å². The first kappa shape index (κ1) is 23.1. The second-order valence-electron chi connectivity index (χ2n) is 8.29. The Morgan fingerprint density at radius 2 is 1.74 bits per heavy atom. The summed E-state index contributed by atoms with van der Waals surface area (Å²) in [4.78, 5) is 13.0. The van der Waals surface area contributed by atoms with Gasteiger partial charge in [0.2, 0.25) is 5.91 Å². The van der Waals surface area contributed by atoms with Gasteiger partial charge in [-0.15, -0.1) is 0 Å². The van der Waals surface area contributed by atoms with Gasteiger partial charge in [-0.2, -0.15) is 5.26 Å². The molecule has 1 unspecified atom stereocenters. The summed E-state index contributed by atoms with van der Waals surface area (Å²) in [5.41, 5.74) is 4.55. The van der Waals surface area contributed by atoms with Crippen molar-refractivity contribution in [1.29, 1.82) is 5.26 Å². The van der Waals surface area contributed by atoms with Crippen LogP contribution in [0.1, 0.15) is 39.7 Å². The number of amides is 1. The van der Waals surface area contributed by atoms with Gasteiger partial charge in [-0.3, -0.25) is 4.79 Å². The Bertz CT molecular complexity index is 1270. The minimum Gasteiger partial charge on any atom is -0.467 e. The molecule has 0 radical (unpaired) electrons. The molecule has 0 fully saturated rings. The second-order valence-corrected chi connectivity index (χ2v) is 8.29. The Labute approximate surface area is 199 Å². The highest BCUT2D eigenvalue weighted by Gasteiger charge is 2.21. The lowest BCUT2D eigenvalue weighted by atomic mass is 9.99. The van der Waals surface area contributed by atoms with Gasteiger partial charge in [-0.25, -0.2) is 0 Å². The van der Waals surface area contributed by atoms with E-state index in [4.69, 9.17) is 4.42 Å². The largest absolute Gasteiger partial charge is 0.467 e. The number of nitrogens with zero attached hydrogens (tertiary/aromatic N) is 2. The Morgan fingerprint density at radius 1 is 1.03 bits per heavy atom. The van der Waals surface area contributed by atoms with E-state index in [1.54, 1.807) is 6.26 Å². The molecule has 0 aliphatic rings. The van der Waals surface area contributed by atoms with E-state index in [0.717, 1.165) is 29.0 Å². The van der Waals surface area contributed by atoms with E-state index in [2.05, 4.69) is 41.0 Å². The quantitative estimate of drug-likeness (QED) is 0.369. The fourth-order valence-electron chi connectivity index (χ4n) is 4.12. The van der Waals surface area contributed by atoms with Crippen LogP contribution in [0.3, 0.4) is 0 Å². The number of hydrogen-bond acceptors (Lipinski definition) is 4. The molecule has 4 aromatic rings. The third-order valence-electron chi connectivity index (χ3n) is 6.09. The van der Waals surface area contributed by atoms with Crippen molar-refractivity contribution < 1.29 is 9.21 Å². The first-order chi connectivity index (χ1) is 16.6. The predicted molar refractivity (Wildman–Crippen MR) is 132 cm³/mol. The summed E-state index contributed by atoms with van der Waals surface area (Å²) in [7, 11) is 0. The van der Waals surface area contributed by atoms with Crippen molar-refractivity contribution in [3.8, 4) is 6.07 Å². The molecule has 6 nitrogen and oxygen atoms in total. The van der Waals surface area contributed by atoms with Crippen LogP contribution in [0.5, 0.6) is 0 Å². The number of benzene rings is 2. The molecule has 0 saturated heterocycles. The van der Waals surface area contributed by atoms with E-state index in [0.29, 0.717) is 17.9 Å². The first-order valence-corrected chi connectivity index (χ1v) is 11.3. The van der Waals surface area contributed by atoms with E-state index < -0.39 is 0 Å². The van der Waals surface area contributed by atoms with Crippen LogP contribution >= 0.6 is 0 Å². The molecule has 0 bridgehead atoms. The van der Waals surface area contributed by atoms with Gasteiger partial charge in [0.1, 0.15) is 17.6 Å². The average Bonchev–Trinajstić information content (AvgIpc) is 3.45. The lowest BCUT2D eigenvalue weighted by molar-refractivity contribution is -0.115. The van der Waals surface area contributed by atoms with E-state index in [-0.39, 0.29) is 18.5 Å². The molecular formula is C28H28N4O2. The van der Waals surface area contributed by atoms with Crippen LogP contribution in [0.2, 0.25) is 0 Å². The van der Waals surface area contributed by atoms with Crippen LogP contribution in [0.25, 0.3) is 0 Å². The van der Waals surface area contributed by atoms with Crippen molar-refractivity contribution in [2.75, 3.05) is 11.9 Å². The molecule has 4 rings (SSSR count). The van der Waals surface area contributed by atoms with Gasteiger partial charge >= 0.3 is 0 Å². The van der Waals surface area contributed by atoms with Crippen LogP contribution < -0.4 is 10.6 Å². The monoisotopic (exact) mass is 452 g/mol. The molecule has 34 heavy (non-hydrogen) atoms. The van der Waals surface area contributed by atoms with Gasteiger partial charge in [0.05, 0.1) is 24.9 Å². The van der Waals surface area contributed by atoms with Crippen molar-refractivity contribution >= 4 is 11.7 Å². The predicted octanol–water partition coefficient (Wildman–Crippen LogP) is 5.13. The van der Waals surface area contributed by atoms with Crippen molar-refractivity contribution in [3.05, 3.63) is 113 Å². The zero-order chi connectivity index (χ0) is 23.9. The minimum atomic E-state index is -0.205. The van der Waals surface area contributed by atoms with E-state index in [9.17, 15) is 10.1 Å². The summed E-state index contributed by atoms with van der Waals surface area (Å²) in [6, 6.07) is 26.2. The standard InChI is InChI=1S/C28H28N4O2/c1-20-21(2)32(19-24-14-9-15-34-24)28(25(20)17-29)31-27(33)18-30-26(23-12-7-4-8-13-23)16-22-10-5-3-6-11-22/h3-15,26,30H,16,18-19H2,1-2H3,(H,31,33). The topological polar surface area (TPSA) is 83.0 Å². The number of furan rings is 1. The van der Waals surface area contributed by atoms with E-state index >= 15 is 0 Å². The maximum Gasteiger partial charge on any atom is 0.239 e. The molecule has 2 heterocycles. The molecule has 0 aliphatic carbocycles. The Morgan fingerprint density at radius 3 is 2.38 bits per heavy atom. The second kappa shape index (κ2) is 10.7. The number of nitriles is 1. The van der Waals surface area contributed by atoms with Gasteiger partial charge in [0.15, 0.2) is 0 Å². The fraction of sp³-hybridized carbons (Fsp3) is 0.214. The zero-order valence-corrected chi connectivity index (χ0v) is 19.4. The van der Waals surface area contributed by atoms with Crippen LogP contribution in [0.15, 0.2) is 83.5 Å². The lowest BCUT2D eigenvalue weighted by Crippen LogP contribution is -2.33. The Kier molecular flexibility index (Phi) is 7.26. The van der Waals surface area contributed by atoms with E-state index in [1.165, 1.54) is 5.56 Å². The van der Waals surface area contributed by atoms with Crippen molar-refractivity contribution in [2.24, 2.45) is 0 Å². The number of anilines is 1. The highest BCUT2D eigenvalue weighted by atomic mass is 16.3. The molecule has 2 N–H and O–H groups in total. The smallest absolute Gasteiger partial charge is 0.239 e. The third kappa shape index (κ3) is 5.28. The number of carbonyl (C=O) groups excluding carboxylic acids is 1. The van der Waals surface area contributed by atoms with Crippen molar-refractivity contribution in [1.82, 2.24) is 9.88 Å². The summed E-state index contributed by atoms with van der Waals surface area (Å²) in [6.07, 6.45) is 2.37. The Balaban J connectivity index is 1.51. The Hall–Kier alpha value is -4.08. The third-order valence-corrected chi connectivity index (χ3v) is 6.09. The van der Waals surface area contributed by atoms with Gasteiger partial charge < -0.3 is 19.6 Å². The summed E-state index contributed by atoms with van der Waals surface area (Å²) >= 11 is 0. The first-order valence-electron chi connectivity index (χ1n) is 11.3. The SMILES string of the molecule is Cc1c(C#N)c(NC(=O)CNC(Cc2ccccc2)c2ccccc2)n(Cc2ccco2)c1C. The molecule has 1 amide bonds. The molecular weight excluding hydrogens is 424 g/mol. The number of nitrogens with one attached hydrogen (secondary N) is 2. The molecule has 2 aromatic carbocycles. The summed E-state index contributed by atoms with van der Waals surface area (Å²) in [5, 5.41) is 16.1. The lowest BCUT2D eigenvalue weighted by Gasteiger charge is -2.20. The molecule has 0 saturated carbocycles. The number of carbonyl (C=O) groups is 1. The number of rotatable bonds is 9. The van der Waals surface area contributed by atoms with Gasteiger partial charge in [0.25, 0.3) is 0 Å². The highest BCUT2D eigenvalue weighted by Crippen LogP contribution is 2.27. The average molecular weight is 453 g/mol. The molecule has 2 aromatic heterocycles. The van der Waals surface area contributed by atoms with Crippen LogP contribution in [0, 0.1) is 25.2 Å². The molecule has 0 spiro atoms. The summed E-state index contributed by atoms with van der Waals surface area (Å²) in [6.45, 7) is 4.39. The van der Waals surface area contributed by atoms with Crippen LogP contribution in [0.4, 0.5) is 5.82 Å². The van der Waals surface area contributed by atoms with Gasteiger partial charge in [-0.05, 0) is 49.1 Å².